The van der Waals surface area contributed by atoms with Crippen molar-refractivity contribution in [2.45, 2.75) is 46.5 Å². The Balaban J connectivity index is 1.69. The third-order valence-electron chi connectivity index (χ3n) is 4.79. The number of hydrogen-bond acceptors (Lipinski definition) is 2. The predicted molar refractivity (Wildman–Crippen MR) is 97.0 cm³/mol. The van der Waals surface area contributed by atoms with Crippen LogP contribution >= 0.6 is 0 Å². The molecule has 0 bridgehead atoms. The third kappa shape index (κ3) is 5.54. The summed E-state index contributed by atoms with van der Waals surface area (Å²) in [5.41, 5.74) is 3.25. The number of amides is 2. The molecule has 2 N–H and O–H groups in total. The van der Waals surface area contributed by atoms with Crippen LogP contribution in [0.25, 0.3) is 0 Å². The van der Waals surface area contributed by atoms with Gasteiger partial charge < -0.3 is 15.5 Å². The number of anilines is 1. The Morgan fingerprint density at radius 3 is 2.74 bits per heavy atom. The van der Waals surface area contributed by atoms with Gasteiger partial charge in [-0.3, -0.25) is 0 Å². The fraction of sp³-hybridized carbons (Fsp3) is 0.632. The van der Waals surface area contributed by atoms with E-state index in [-0.39, 0.29) is 6.03 Å². The molecule has 4 heteroatoms. The van der Waals surface area contributed by atoms with Gasteiger partial charge >= 0.3 is 6.03 Å². The smallest absolute Gasteiger partial charge is 0.319 e. The Kier molecular flexibility index (Phi) is 6.90. The number of likely N-dealkylation sites (tertiary alicyclic amines) is 1. The van der Waals surface area contributed by atoms with Crippen LogP contribution in [-0.2, 0) is 6.42 Å². The van der Waals surface area contributed by atoms with Crippen molar-refractivity contribution >= 4 is 11.7 Å². The molecular formula is C19H31N3O. The van der Waals surface area contributed by atoms with Gasteiger partial charge in [-0.05, 0) is 69.3 Å². The van der Waals surface area contributed by atoms with Gasteiger partial charge in [0.15, 0.2) is 0 Å². The zero-order valence-electron chi connectivity index (χ0n) is 14.8. The molecule has 1 fully saturated rings. The maximum atomic E-state index is 12.1. The van der Waals surface area contributed by atoms with E-state index in [1.54, 1.807) is 0 Å². The van der Waals surface area contributed by atoms with Gasteiger partial charge in [-0.1, -0.05) is 32.0 Å². The maximum absolute atomic E-state index is 12.1. The fourth-order valence-corrected chi connectivity index (χ4v) is 3.15. The second-order valence-electron chi connectivity index (χ2n) is 6.72. The molecule has 0 atom stereocenters. The monoisotopic (exact) mass is 317 g/mol. The molecular weight excluding hydrogens is 286 g/mol. The number of rotatable bonds is 6. The van der Waals surface area contributed by atoms with Gasteiger partial charge in [-0.25, -0.2) is 4.79 Å². The summed E-state index contributed by atoms with van der Waals surface area (Å²) >= 11 is 0. The molecule has 1 aliphatic rings. The summed E-state index contributed by atoms with van der Waals surface area (Å²) in [6, 6.07) is 6.05. The second kappa shape index (κ2) is 8.92. The Bertz CT molecular complexity index is 507. The number of nitrogens with one attached hydrogen (secondary N) is 2. The molecule has 0 aliphatic carbocycles. The van der Waals surface area contributed by atoms with Crippen molar-refractivity contribution in [3.63, 3.8) is 0 Å². The van der Waals surface area contributed by atoms with Gasteiger partial charge in [0, 0.05) is 12.2 Å². The number of carbonyl (C=O) groups is 1. The summed E-state index contributed by atoms with van der Waals surface area (Å²) in [7, 11) is 0. The van der Waals surface area contributed by atoms with Crippen molar-refractivity contribution < 1.29 is 4.79 Å². The predicted octanol–water partition coefficient (Wildman–Crippen LogP) is 3.80. The van der Waals surface area contributed by atoms with E-state index in [9.17, 15) is 4.79 Å². The molecule has 1 aliphatic heterocycles. The number of piperidine rings is 1. The van der Waals surface area contributed by atoms with E-state index >= 15 is 0 Å². The lowest BCUT2D eigenvalue weighted by molar-refractivity contribution is 0.190. The molecule has 2 amide bonds. The van der Waals surface area contributed by atoms with Gasteiger partial charge in [0.05, 0.1) is 0 Å². The van der Waals surface area contributed by atoms with E-state index in [0.29, 0.717) is 0 Å². The number of nitrogens with zero attached hydrogens (tertiary/aromatic N) is 1. The molecule has 4 nitrogen and oxygen atoms in total. The first-order chi connectivity index (χ1) is 11.1. The first kappa shape index (κ1) is 17.8. The highest BCUT2D eigenvalue weighted by atomic mass is 16.2. The highest BCUT2D eigenvalue weighted by Crippen LogP contribution is 2.20. The van der Waals surface area contributed by atoms with Crippen LogP contribution in [-0.4, -0.2) is 37.1 Å². The van der Waals surface area contributed by atoms with Gasteiger partial charge in [0.2, 0.25) is 0 Å². The molecule has 1 aromatic carbocycles. The average molecular weight is 317 g/mol. The molecule has 1 heterocycles. The van der Waals surface area contributed by atoms with Crippen LogP contribution in [0.3, 0.4) is 0 Å². The lowest BCUT2D eigenvalue weighted by atomic mass is 9.99. The number of aryl methyl sites for hydroxylation is 2. The van der Waals surface area contributed by atoms with Crippen molar-refractivity contribution in [3.8, 4) is 0 Å². The number of hydrogen-bond donors (Lipinski definition) is 2. The lowest BCUT2D eigenvalue weighted by Crippen LogP contribution is -2.36. The van der Waals surface area contributed by atoms with Crippen LogP contribution in [0.1, 0.15) is 44.2 Å². The molecule has 23 heavy (non-hydrogen) atoms. The average Bonchev–Trinajstić information content (AvgIpc) is 2.55. The Labute approximate surface area is 140 Å². The summed E-state index contributed by atoms with van der Waals surface area (Å²) in [5.74, 6) is 0.872. The maximum Gasteiger partial charge on any atom is 0.319 e. The van der Waals surface area contributed by atoms with Crippen LogP contribution in [0, 0.1) is 12.8 Å². The summed E-state index contributed by atoms with van der Waals surface area (Å²) in [6.45, 7) is 10.7. The summed E-state index contributed by atoms with van der Waals surface area (Å²) < 4.78 is 0. The van der Waals surface area contributed by atoms with Crippen LogP contribution in [0.5, 0.6) is 0 Å². The Morgan fingerprint density at radius 2 is 2.04 bits per heavy atom. The van der Waals surface area contributed by atoms with E-state index in [2.05, 4.69) is 35.4 Å². The van der Waals surface area contributed by atoms with E-state index in [4.69, 9.17) is 0 Å². The van der Waals surface area contributed by atoms with Crippen LogP contribution < -0.4 is 10.6 Å². The van der Waals surface area contributed by atoms with Crippen molar-refractivity contribution in [2.75, 3.05) is 31.5 Å². The highest BCUT2D eigenvalue weighted by molar-refractivity contribution is 5.91. The van der Waals surface area contributed by atoms with E-state index in [1.807, 2.05) is 19.1 Å². The van der Waals surface area contributed by atoms with Crippen molar-refractivity contribution in [1.29, 1.82) is 0 Å². The minimum Gasteiger partial charge on any atom is -0.338 e. The van der Waals surface area contributed by atoms with Crippen LogP contribution in [0.2, 0.25) is 0 Å². The molecule has 0 saturated carbocycles. The molecule has 128 valence electrons. The van der Waals surface area contributed by atoms with Gasteiger partial charge in [0.25, 0.3) is 0 Å². The first-order valence-corrected chi connectivity index (χ1v) is 8.95. The minimum atomic E-state index is -0.0960. The summed E-state index contributed by atoms with van der Waals surface area (Å²) in [6.07, 6.45) is 4.54. The topological polar surface area (TPSA) is 44.4 Å². The van der Waals surface area contributed by atoms with Crippen LogP contribution in [0.4, 0.5) is 10.5 Å². The van der Waals surface area contributed by atoms with Crippen molar-refractivity contribution in [2.24, 2.45) is 5.92 Å². The molecule has 2 rings (SSSR count). The molecule has 0 radical (unpaired) electrons. The van der Waals surface area contributed by atoms with Crippen LogP contribution in [0.15, 0.2) is 18.2 Å². The SMILES string of the molecule is CCc1cccc(C)c1NC(=O)NCCCN1CCC(C)CC1. The van der Waals surface area contributed by atoms with E-state index in [1.165, 1.54) is 31.5 Å². The minimum absolute atomic E-state index is 0.0960. The molecule has 0 spiro atoms. The summed E-state index contributed by atoms with van der Waals surface area (Å²) in [5, 5.41) is 5.99. The largest absolute Gasteiger partial charge is 0.338 e. The number of para-hydroxylation sites is 1. The summed E-state index contributed by atoms with van der Waals surface area (Å²) in [4.78, 5) is 14.6. The van der Waals surface area contributed by atoms with Crippen molar-refractivity contribution in [1.82, 2.24) is 10.2 Å². The Morgan fingerprint density at radius 1 is 1.30 bits per heavy atom. The van der Waals surface area contributed by atoms with E-state index < -0.39 is 0 Å². The van der Waals surface area contributed by atoms with Crippen molar-refractivity contribution in [3.05, 3.63) is 29.3 Å². The second-order valence-corrected chi connectivity index (χ2v) is 6.72. The number of carbonyl (C=O) groups excluding carboxylic acids is 1. The highest BCUT2D eigenvalue weighted by Gasteiger charge is 2.15. The van der Waals surface area contributed by atoms with Gasteiger partial charge in [0.1, 0.15) is 0 Å². The quantitative estimate of drug-likeness (QED) is 0.784. The normalized spacial score (nSPS) is 16.3. The standard InChI is InChI=1S/C19H31N3O/c1-4-17-8-5-7-16(3)18(17)21-19(23)20-11-6-12-22-13-9-15(2)10-14-22/h5,7-8,15H,4,6,9-14H2,1-3H3,(H2,20,21,23). The third-order valence-corrected chi connectivity index (χ3v) is 4.79. The molecule has 1 saturated heterocycles. The number of benzene rings is 1. The molecule has 0 unspecified atom stereocenters. The molecule has 1 aromatic rings. The van der Waals surface area contributed by atoms with E-state index in [0.717, 1.165) is 43.1 Å². The lowest BCUT2D eigenvalue weighted by Gasteiger charge is -2.30. The Hall–Kier alpha value is -1.55. The fourth-order valence-electron chi connectivity index (χ4n) is 3.15. The molecule has 0 aromatic heterocycles. The van der Waals surface area contributed by atoms with Gasteiger partial charge in [-0.2, -0.15) is 0 Å². The first-order valence-electron chi connectivity index (χ1n) is 8.95. The zero-order chi connectivity index (χ0) is 16.7. The van der Waals surface area contributed by atoms with Gasteiger partial charge in [-0.15, -0.1) is 0 Å². The zero-order valence-corrected chi connectivity index (χ0v) is 14.8. The number of urea groups is 1.